The molecule has 0 spiro atoms. The Morgan fingerprint density at radius 2 is 1.91 bits per heavy atom. The molecule has 0 aliphatic carbocycles. The van der Waals surface area contributed by atoms with Gasteiger partial charge in [-0.05, 0) is 38.5 Å². The molecule has 1 aromatic carbocycles. The molecule has 0 aliphatic rings. The number of Topliss-reactive ketones (excluding diaryl/α,β-unsaturated/α-hetero) is 1. The van der Waals surface area contributed by atoms with E-state index in [1.807, 2.05) is 0 Å². The molecule has 7 heteroatoms. The number of halogens is 3. The van der Waals surface area contributed by atoms with E-state index in [1.165, 1.54) is 13.0 Å². The van der Waals surface area contributed by atoms with Crippen LogP contribution in [0.5, 0.6) is 5.75 Å². The fourth-order valence-electron chi connectivity index (χ4n) is 1.73. The molecule has 122 valence electrons. The van der Waals surface area contributed by atoms with Gasteiger partial charge in [-0.1, -0.05) is 0 Å². The van der Waals surface area contributed by atoms with Crippen molar-refractivity contribution >= 4 is 11.8 Å². The first kappa shape index (κ1) is 18.0. The van der Waals surface area contributed by atoms with Gasteiger partial charge in [0.15, 0.2) is 5.78 Å². The number of ketones is 1. The number of carbonyl (C=O) groups excluding carboxylic acids is 2. The summed E-state index contributed by atoms with van der Waals surface area (Å²) in [7, 11) is 0. The smallest absolute Gasteiger partial charge is 0.419 e. The fraction of sp³-hybridized carbons (Fsp3) is 0.467. The highest BCUT2D eigenvalue weighted by molar-refractivity contribution is 5.94. The summed E-state index contributed by atoms with van der Waals surface area (Å²) in [5, 5.41) is 0. The molecule has 0 heterocycles. The Bertz CT molecular complexity index is 538. The van der Waals surface area contributed by atoms with Crippen LogP contribution in [0.4, 0.5) is 13.2 Å². The van der Waals surface area contributed by atoms with E-state index in [-0.39, 0.29) is 37.4 Å². The highest BCUT2D eigenvalue weighted by atomic mass is 19.4. The molecule has 0 radical (unpaired) electrons. The van der Waals surface area contributed by atoms with Crippen LogP contribution in [0.25, 0.3) is 0 Å². The van der Waals surface area contributed by atoms with Gasteiger partial charge in [-0.2, -0.15) is 13.2 Å². The third-order valence-electron chi connectivity index (χ3n) is 2.78. The molecule has 1 aromatic rings. The first-order valence-corrected chi connectivity index (χ1v) is 6.76. The predicted molar refractivity (Wildman–Crippen MR) is 72.8 cm³/mol. The van der Waals surface area contributed by atoms with Crippen LogP contribution in [0.2, 0.25) is 0 Å². The summed E-state index contributed by atoms with van der Waals surface area (Å²) in [5.74, 6) is -1.24. The van der Waals surface area contributed by atoms with Crippen LogP contribution >= 0.6 is 0 Å². The van der Waals surface area contributed by atoms with E-state index >= 15 is 0 Å². The van der Waals surface area contributed by atoms with Crippen molar-refractivity contribution in [1.82, 2.24) is 0 Å². The topological polar surface area (TPSA) is 52.6 Å². The summed E-state index contributed by atoms with van der Waals surface area (Å²) >= 11 is 0. The lowest BCUT2D eigenvalue weighted by Crippen LogP contribution is -2.12. The first-order valence-electron chi connectivity index (χ1n) is 6.76. The van der Waals surface area contributed by atoms with Crippen molar-refractivity contribution in [2.75, 3.05) is 13.2 Å². The van der Waals surface area contributed by atoms with Gasteiger partial charge in [-0.15, -0.1) is 0 Å². The van der Waals surface area contributed by atoms with Gasteiger partial charge in [0.1, 0.15) is 5.75 Å². The van der Waals surface area contributed by atoms with E-state index in [0.29, 0.717) is 0 Å². The van der Waals surface area contributed by atoms with Crippen LogP contribution in [0.15, 0.2) is 18.2 Å². The van der Waals surface area contributed by atoms with Gasteiger partial charge >= 0.3 is 12.1 Å². The van der Waals surface area contributed by atoms with E-state index < -0.39 is 23.5 Å². The Labute approximate surface area is 126 Å². The average Bonchev–Trinajstić information content (AvgIpc) is 2.42. The minimum absolute atomic E-state index is 0.0359. The monoisotopic (exact) mass is 318 g/mol. The molecule has 1 rings (SSSR count). The summed E-state index contributed by atoms with van der Waals surface area (Å²) in [4.78, 5) is 22.3. The van der Waals surface area contributed by atoms with Crippen molar-refractivity contribution in [2.24, 2.45) is 0 Å². The Balaban J connectivity index is 2.74. The van der Waals surface area contributed by atoms with Crippen molar-refractivity contribution in [3.63, 3.8) is 0 Å². The van der Waals surface area contributed by atoms with E-state index in [4.69, 9.17) is 9.47 Å². The number of hydrogen-bond donors (Lipinski definition) is 0. The van der Waals surface area contributed by atoms with Crippen molar-refractivity contribution in [1.29, 1.82) is 0 Å². The standard InChI is InChI=1S/C15H17F3O4/c1-3-21-14(20)5-4-8-22-13-7-6-11(10(2)19)9-12(13)15(16,17)18/h6-7,9H,3-5,8H2,1-2H3. The van der Waals surface area contributed by atoms with Gasteiger partial charge in [0.05, 0.1) is 18.8 Å². The van der Waals surface area contributed by atoms with E-state index in [2.05, 4.69) is 0 Å². The number of esters is 1. The van der Waals surface area contributed by atoms with Crippen molar-refractivity contribution < 1.29 is 32.2 Å². The molecule has 0 amide bonds. The molecule has 0 unspecified atom stereocenters. The lowest BCUT2D eigenvalue weighted by Gasteiger charge is -2.14. The fourth-order valence-corrected chi connectivity index (χ4v) is 1.73. The van der Waals surface area contributed by atoms with Gasteiger partial charge in [0.25, 0.3) is 0 Å². The SMILES string of the molecule is CCOC(=O)CCCOc1ccc(C(C)=O)cc1C(F)(F)F. The molecular weight excluding hydrogens is 301 g/mol. The van der Waals surface area contributed by atoms with Crippen LogP contribution in [-0.2, 0) is 15.7 Å². The zero-order valence-electron chi connectivity index (χ0n) is 12.3. The second kappa shape index (κ2) is 7.82. The van der Waals surface area contributed by atoms with Crippen LogP contribution in [-0.4, -0.2) is 25.0 Å². The Kier molecular flexibility index (Phi) is 6.39. The van der Waals surface area contributed by atoms with Gasteiger partial charge in [0, 0.05) is 12.0 Å². The molecule has 0 N–H and O–H groups in total. The second-order valence-electron chi connectivity index (χ2n) is 4.52. The maximum Gasteiger partial charge on any atom is 0.419 e. The summed E-state index contributed by atoms with van der Waals surface area (Å²) in [6.07, 6.45) is -4.31. The minimum Gasteiger partial charge on any atom is -0.493 e. The van der Waals surface area contributed by atoms with Crippen LogP contribution in [0.1, 0.15) is 42.6 Å². The maximum atomic E-state index is 13.0. The molecular formula is C15H17F3O4. The van der Waals surface area contributed by atoms with Crippen LogP contribution < -0.4 is 4.74 Å². The number of hydrogen-bond acceptors (Lipinski definition) is 4. The molecule has 0 saturated carbocycles. The van der Waals surface area contributed by atoms with Crippen molar-refractivity contribution in [2.45, 2.75) is 32.9 Å². The summed E-state index contributed by atoms with van der Waals surface area (Å²) in [6.45, 7) is 3.06. The molecule has 0 bridgehead atoms. The number of carbonyl (C=O) groups is 2. The van der Waals surface area contributed by atoms with E-state index in [1.54, 1.807) is 6.92 Å². The number of benzene rings is 1. The zero-order valence-corrected chi connectivity index (χ0v) is 12.3. The zero-order chi connectivity index (χ0) is 16.8. The number of alkyl halides is 3. The molecule has 0 saturated heterocycles. The molecule has 0 atom stereocenters. The molecule has 0 fully saturated rings. The lowest BCUT2D eigenvalue weighted by atomic mass is 10.1. The summed E-state index contributed by atoms with van der Waals surface area (Å²) < 4.78 is 48.7. The Hall–Kier alpha value is -2.05. The van der Waals surface area contributed by atoms with Gasteiger partial charge in [0.2, 0.25) is 0 Å². The molecule has 4 nitrogen and oxygen atoms in total. The minimum atomic E-state index is -4.62. The average molecular weight is 318 g/mol. The van der Waals surface area contributed by atoms with Gasteiger partial charge in [-0.3, -0.25) is 9.59 Å². The van der Waals surface area contributed by atoms with Gasteiger partial charge < -0.3 is 9.47 Å². The van der Waals surface area contributed by atoms with Crippen molar-refractivity contribution in [3.05, 3.63) is 29.3 Å². The Morgan fingerprint density at radius 3 is 2.45 bits per heavy atom. The second-order valence-corrected chi connectivity index (χ2v) is 4.52. The van der Waals surface area contributed by atoms with Gasteiger partial charge in [-0.25, -0.2) is 0 Å². The molecule has 22 heavy (non-hydrogen) atoms. The highest BCUT2D eigenvalue weighted by Crippen LogP contribution is 2.37. The summed E-state index contributed by atoms with van der Waals surface area (Å²) in [5.41, 5.74) is -1.04. The van der Waals surface area contributed by atoms with E-state index in [0.717, 1.165) is 12.1 Å². The normalized spacial score (nSPS) is 11.1. The third-order valence-corrected chi connectivity index (χ3v) is 2.78. The van der Waals surface area contributed by atoms with Crippen LogP contribution in [0.3, 0.4) is 0 Å². The number of rotatable bonds is 7. The first-order chi connectivity index (χ1) is 10.3. The number of ether oxygens (including phenoxy) is 2. The molecule has 0 aliphatic heterocycles. The summed E-state index contributed by atoms with van der Waals surface area (Å²) in [6, 6.07) is 3.16. The van der Waals surface area contributed by atoms with Crippen molar-refractivity contribution in [3.8, 4) is 5.75 Å². The lowest BCUT2D eigenvalue weighted by molar-refractivity contribution is -0.143. The van der Waals surface area contributed by atoms with E-state index in [9.17, 15) is 22.8 Å². The quantitative estimate of drug-likeness (QED) is 0.438. The maximum absolute atomic E-state index is 13.0. The predicted octanol–water partition coefficient (Wildman–Crippen LogP) is 3.63. The molecule has 0 aromatic heterocycles. The van der Waals surface area contributed by atoms with Crippen LogP contribution in [0, 0.1) is 0 Å². The Morgan fingerprint density at radius 1 is 1.23 bits per heavy atom. The highest BCUT2D eigenvalue weighted by Gasteiger charge is 2.35. The third kappa shape index (κ3) is 5.38. The largest absolute Gasteiger partial charge is 0.493 e.